The molecule has 0 spiro atoms. The number of amidine groups is 1. The van der Waals surface area contributed by atoms with Crippen molar-refractivity contribution in [2.45, 2.75) is 6.92 Å². The monoisotopic (exact) mass is 413 g/mol. The molecule has 0 radical (unpaired) electrons. The van der Waals surface area contributed by atoms with Crippen LogP contribution in [0.15, 0.2) is 46.3 Å². The Morgan fingerprint density at radius 3 is 2.89 bits per heavy atom. The summed E-state index contributed by atoms with van der Waals surface area (Å²) in [5.41, 5.74) is 2.32. The van der Waals surface area contributed by atoms with Crippen LogP contribution in [-0.4, -0.2) is 24.8 Å². The first-order chi connectivity index (χ1) is 13.5. The van der Waals surface area contributed by atoms with E-state index in [9.17, 15) is 4.79 Å². The average Bonchev–Trinajstić information content (AvgIpc) is 3.03. The highest BCUT2D eigenvalue weighted by Gasteiger charge is 2.24. The molecule has 2 aromatic rings. The maximum Gasteiger partial charge on any atom is 0.264 e. The van der Waals surface area contributed by atoms with Gasteiger partial charge in [-0.3, -0.25) is 4.79 Å². The fourth-order valence-corrected chi connectivity index (χ4v) is 3.47. The largest absolute Gasteiger partial charge is 0.493 e. The highest BCUT2D eigenvalue weighted by Crippen LogP contribution is 2.33. The van der Waals surface area contributed by atoms with E-state index in [2.05, 4.69) is 10.3 Å². The summed E-state index contributed by atoms with van der Waals surface area (Å²) in [5.74, 6) is 0.720. The number of halogens is 1. The van der Waals surface area contributed by atoms with Gasteiger partial charge in [0.2, 0.25) is 0 Å². The smallest absolute Gasteiger partial charge is 0.264 e. The molecule has 1 N–H and O–H groups in total. The molecular formula is C20H16ClN3O3S. The molecule has 1 aliphatic heterocycles. The Morgan fingerprint density at radius 1 is 1.32 bits per heavy atom. The zero-order valence-corrected chi connectivity index (χ0v) is 16.7. The number of benzene rings is 2. The SMILES string of the molecule is COc1cc(/C=C2\SC(=Nc3cccc(Cl)c3C)NC2=O)ccc1OCC#N. The van der Waals surface area contributed by atoms with Crippen molar-refractivity contribution in [1.29, 1.82) is 5.26 Å². The number of amides is 1. The summed E-state index contributed by atoms with van der Waals surface area (Å²) in [6, 6.07) is 12.6. The molecule has 1 heterocycles. The molecule has 0 unspecified atom stereocenters. The van der Waals surface area contributed by atoms with Crippen LogP contribution in [0.5, 0.6) is 11.5 Å². The Kier molecular flexibility index (Phi) is 6.24. The van der Waals surface area contributed by atoms with E-state index in [0.717, 1.165) is 11.1 Å². The van der Waals surface area contributed by atoms with Gasteiger partial charge < -0.3 is 14.8 Å². The quantitative estimate of drug-likeness (QED) is 0.732. The molecule has 0 saturated carbocycles. The average molecular weight is 414 g/mol. The van der Waals surface area contributed by atoms with Gasteiger partial charge in [-0.05, 0) is 60.2 Å². The van der Waals surface area contributed by atoms with Crippen molar-refractivity contribution in [2.24, 2.45) is 4.99 Å². The van der Waals surface area contributed by atoms with Crippen LogP contribution in [0, 0.1) is 18.3 Å². The Balaban J connectivity index is 1.84. The first kappa shape index (κ1) is 19.8. The summed E-state index contributed by atoms with van der Waals surface area (Å²) in [7, 11) is 1.51. The zero-order chi connectivity index (χ0) is 20.1. The highest BCUT2D eigenvalue weighted by molar-refractivity contribution is 8.18. The Morgan fingerprint density at radius 2 is 2.14 bits per heavy atom. The number of thioether (sulfide) groups is 1. The predicted molar refractivity (Wildman–Crippen MR) is 111 cm³/mol. The van der Waals surface area contributed by atoms with Crippen LogP contribution in [-0.2, 0) is 4.79 Å². The van der Waals surface area contributed by atoms with Crippen LogP contribution in [0.4, 0.5) is 5.69 Å². The number of methoxy groups -OCH3 is 1. The lowest BCUT2D eigenvalue weighted by molar-refractivity contribution is -0.115. The molecule has 0 aliphatic carbocycles. The second-order valence-electron chi connectivity index (χ2n) is 5.72. The summed E-state index contributed by atoms with van der Waals surface area (Å²) in [6.45, 7) is 1.81. The van der Waals surface area contributed by atoms with Crippen molar-refractivity contribution < 1.29 is 14.3 Å². The Bertz CT molecular complexity index is 1030. The molecule has 8 heteroatoms. The van der Waals surface area contributed by atoms with Gasteiger partial charge in [0.15, 0.2) is 23.3 Å². The molecule has 28 heavy (non-hydrogen) atoms. The number of nitrogens with one attached hydrogen (secondary N) is 1. The number of hydrogen-bond donors (Lipinski definition) is 1. The second-order valence-corrected chi connectivity index (χ2v) is 7.16. The van der Waals surface area contributed by atoms with Gasteiger partial charge in [0.05, 0.1) is 17.7 Å². The maximum absolute atomic E-state index is 12.3. The number of ether oxygens (including phenoxy) is 2. The van der Waals surface area contributed by atoms with Gasteiger partial charge in [-0.25, -0.2) is 4.99 Å². The van der Waals surface area contributed by atoms with Crippen molar-refractivity contribution in [1.82, 2.24) is 5.32 Å². The van der Waals surface area contributed by atoms with Gasteiger partial charge in [-0.2, -0.15) is 5.26 Å². The van der Waals surface area contributed by atoms with Gasteiger partial charge in [0.25, 0.3) is 5.91 Å². The lowest BCUT2D eigenvalue weighted by Crippen LogP contribution is -2.19. The number of nitrogens with zero attached hydrogens (tertiary/aromatic N) is 2. The number of nitriles is 1. The number of carbonyl (C=O) groups excluding carboxylic acids is 1. The number of aliphatic imine (C=N–C) groups is 1. The fraction of sp³-hybridized carbons (Fsp3) is 0.150. The maximum atomic E-state index is 12.3. The van der Waals surface area contributed by atoms with Gasteiger partial charge in [0.1, 0.15) is 6.07 Å². The minimum atomic E-state index is -0.229. The molecule has 2 aromatic carbocycles. The third-order valence-electron chi connectivity index (χ3n) is 3.89. The third-order valence-corrected chi connectivity index (χ3v) is 5.21. The van der Waals surface area contributed by atoms with E-state index >= 15 is 0 Å². The van der Waals surface area contributed by atoms with Crippen molar-refractivity contribution in [2.75, 3.05) is 13.7 Å². The molecular weight excluding hydrogens is 398 g/mol. The predicted octanol–water partition coefficient (Wildman–Crippen LogP) is 4.45. The Labute approximate surface area is 171 Å². The summed E-state index contributed by atoms with van der Waals surface area (Å²) in [6.07, 6.45) is 1.74. The zero-order valence-electron chi connectivity index (χ0n) is 15.2. The lowest BCUT2D eigenvalue weighted by atomic mass is 10.2. The minimum absolute atomic E-state index is 0.0716. The van der Waals surface area contributed by atoms with Crippen LogP contribution in [0.3, 0.4) is 0 Å². The summed E-state index contributed by atoms with van der Waals surface area (Å²) in [5, 5.41) is 12.5. The number of hydrogen-bond acceptors (Lipinski definition) is 6. The molecule has 0 aromatic heterocycles. The van der Waals surface area contributed by atoms with Crippen LogP contribution in [0.2, 0.25) is 5.02 Å². The van der Waals surface area contributed by atoms with Crippen LogP contribution in [0.1, 0.15) is 11.1 Å². The summed E-state index contributed by atoms with van der Waals surface area (Å²) in [4.78, 5) is 17.3. The van der Waals surface area contributed by atoms with E-state index in [1.165, 1.54) is 18.9 Å². The van der Waals surface area contributed by atoms with Crippen molar-refractivity contribution in [3.05, 3.63) is 57.5 Å². The van der Waals surface area contributed by atoms with E-state index in [-0.39, 0.29) is 12.5 Å². The van der Waals surface area contributed by atoms with E-state index in [1.54, 1.807) is 30.3 Å². The lowest BCUT2D eigenvalue weighted by Gasteiger charge is -2.09. The van der Waals surface area contributed by atoms with Gasteiger partial charge >= 0.3 is 0 Å². The van der Waals surface area contributed by atoms with Crippen molar-refractivity contribution >= 4 is 46.2 Å². The van der Waals surface area contributed by atoms with Crippen LogP contribution < -0.4 is 14.8 Å². The van der Waals surface area contributed by atoms with Crippen LogP contribution >= 0.6 is 23.4 Å². The number of carbonyl (C=O) groups is 1. The molecule has 1 saturated heterocycles. The van der Waals surface area contributed by atoms with Gasteiger partial charge in [-0.1, -0.05) is 23.7 Å². The van der Waals surface area contributed by atoms with Crippen molar-refractivity contribution in [3.8, 4) is 17.6 Å². The molecule has 1 fully saturated rings. The topological polar surface area (TPSA) is 83.7 Å². The van der Waals surface area contributed by atoms with E-state index in [0.29, 0.717) is 32.3 Å². The number of rotatable bonds is 5. The molecule has 6 nitrogen and oxygen atoms in total. The molecule has 1 amide bonds. The van der Waals surface area contributed by atoms with E-state index in [1.807, 2.05) is 25.1 Å². The first-order valence-corrected chi connectivity index (χ1v) is 9.43. The molecule has 1 aliphatic rings. The molecule has 3 rings (SSSR count). The van der Waals surface area contributed by atoms with Crippen molar-refractivity contribution in [3.63, 3.8) is 0 Å². The fourth-order valence-electron chi connectivity index (χ4n) is 2.46. The Hall–Kier alpha value is -2.95. The van der Waals surface area contributed by atoms with Crippen LogP contribution in [0.25, 0.3) is 6.08 Å². The minimum Gasteiger partial charge on any atom is -0.493 e. The van der Waals surface area contributed by atoms with E-state index < -0.39 is 0 Å². The first-order valence-electron chi connectivity index (χ1n) is 8.24. The van der Waals surface area contributed by atoms with E-state index in [4.69, 9.17) is 26.3 Å². The normalized spacial score (nSPS) is 16.1. The summed E-state index contributed by atoms with van der Waals surface area (Å²) >= 11 is 7.37. The third kappa shape index (κ3) is 4.47. The molecule has 142 valence electrons. The second kappa shape index (κ2) is 8.83. The summed E-state index contributed by atoms with van der Waals surface area (Å²) < 4.78 is 10.6. The standard InChI is InChI=1S/C20H16ClN3O3S/c1-12-14(21)4-3-5-15(12)23-20-24-19(25)18(28-20)11-13-6-7-16(27-9-8-22)17(10-13)26-2/h3-7,10-11H,9H2,1-2H3,(H,23,24,25)/b18-11-. The van der Waals surface area contributed by atoms with Gasteiger partial charge in [0, 0.05) is 5.02 Å². The highest BCUT2D eigenvalue weighted by atomic mass is 35.5. The van der Waals surface area contributed by atoms with Gasteiger partial charge in [-0.15, -0.1) is 0 Å². The molecule has 0 bridgehead atoms. The molecule has 0 atom stereocenters.